The molecule has 0 aliphatic rings. The van der Waals surface area contributed by atoms with Crippen LogP contribution in [0, 0.1) is 0 Å². The molecule has 242 valence electrons. The Balaban J connectivity index is 1.82. The van der Waals surface area contributed by atoms with E-state index in [0.29, 0.717) is 23.7 Å². The van der Waals surface area contributed by atoms with Crippen molar-refractivity contribution >= 4 is 55.1 Å². The van der Waals surface area contributed by atoms with Crippen molar-refractivity contribution in [3.8, 4) is 5.75 Å². The van der Waals surface area contributed by atoms with Gasteiger partial charge in [-0.05, 0) is 73.0 Å². The van der Waals surface area contributed by atoms with Crippen molar-refractivity contribution in [3.63, 3.8) is 0 Å². The summed E-state index contributed by atoms with van der Waals surface area (Å²) < 4.78 is 36.2. The number of carbonyl (C=O) groups is 2. The van der Waals surface area contributed by atoms with Gasteiger partial charge in [0.05, 0.1) is 17.2 Å². The van der Waals surface area contributed by atoms with Gasteiger partial charge in [0, 0.05) is 29.0 Å². The average Bonchev–Trinajstić information content (AvgIpc) is 3.06. The molecule has 0 bridgehead atoms. The van der Waals surface area contributed by atoms with Gasteiger partial charge in [0.15, 0.2) is 0 Å². The number of amides is 2. The van der Waals surface area contributed by atoms with Gasteiger partial charge >= 0.3 is 0 Å². The van der Waals surface area contributed by atoms with E-state index >= 15 is 0 Å². The molecule has 8 nitrogen and oxygen atoms in total. The van der Waals surface area contributed by atoms with Gasteiger partial charge in [0.1, 0.15) is 18.3 Å². The molecule has 11 heteroatoms. The number of nitrogens with zero attached hydrogens (tertiary/aromatic N) is 2. The highest BCUT2D eigenvalue weighted by atomic mass is 79.9. The standard InChI is InChI=1S/C35H37BrClN3O5S/c1-3-22-38-35(42)32(23-26-10-6-5-7-11-26)39(24-27-14-16-28(36)17-15-27)34(41)25-40(31-12-8-9-13-33(31)45-4-2)46(43,44)30-20-18-29(37)19-21-30/h5-21,32H,3-4,22-25H2,1-2H3,(H,38,42)/t32-/m1/s1. The lowest BCUT2D eigenvalue weighted by atomic mass is 10.0. The van der Waals surface area contributed by atoms with Crippen molar-refractivity contribution in [2.75, 3.05) is 24.0 Å². The highest BCUT2D eigenvalue weighted by molar-refractivity contribution is 9.10. The molecule has 0 heterocycles. The quantitative estimate of drug-likeness (QED) is 0.145. The fraction of sp³-hybridized carbons (Fsp3) is 0.257. The topological polar surface area (TPSA) is 96.0 Å². The predicted octanol–water partition coefficient (Wildman–Crippen LogP) is 6.86. The van der Waals surface area contributed by atoms with Gasteiger partial charge in [-0.2, -0.15) is 0 Å². The first-order valence-corrected chi connectivity index (χ1v) is 17.6. The molecule has 2 amide bonds. The van der Waals surface area contributed by atoms with Gasteiger partial charge in [-0.1, -0.05) is 89.1 Å². The molecule has 4 aromatic carbocycles. The van der Waals surface area contributed by atoms with Crippen molar-refractivity contribution in [2.45, 2.75) is 44.2 Å². The second-order valence-corrected chi connectivity index (χ2v) is 13.7. The van der Waals surface area contributed by atoms with E-state index in [2.05, 4.69) is 21.2 Å². The number of benzene rings is 4. The predicted molar refractivity (Wildman–Crippen MR) is 186 cm³/mol. The number of sulfonamides is 1. The SMILES string of the molecule is CCCNC(=O)[C@@H](Cc1ccccc1)N(Cc1ccc(Br)cc1)C(=O)CN(c1ccccc1OCC)S(=O)(=O)c1ccc(Cl)cc1. The van der Waals surface area contributed by atoms with Crippen molar-refractivity contribution in [1.82, 2.24) is 10.2 Å². The summed E-state index contributed by atoms with van der Waals surface area (Å²) in [4.78, 5) is 29.8. The van der Waals surface area contributed by atoms with Gasteiger partial charge in [-0.25, -0.2) is 8.42 Å². The van der Waals surface area contributed by atoms with Crippen molar-refractivity contribution in [1.29, 1.82) is 0 Å². The zero-order valence-corrected chi connectivity index (χ0v) is 28.9. The molecule has 0 aliphatic heterocycles. The van der Waals surface area contributed by atoms with E-state index in [9.17, 15) is 18.0 Å². The molecule has 0 saturated heterocycles. The number of hydrogen-bond donors (Lipinski definition) is 1. The maximum atomic E-state index is 14.6. The molecule has 0 spiro atoms. The molecule has 0 fully saturated rings. The third-order valence-electron chi connectivity index (χ3n) is 7.20. The van der Waals surface area contributed by atoms with Crippen LogP contribution in [0.3, 0.4) is 0 Å². The van der Waals surface area contributed by atoms with E-state index < -0.39 is 28.5 Å². The Morgan fingerprint density at radius 2 is 1.52 bits per heavy atom. The Bertz CT molecular complexity index is 1700. The highest BCUT2D eigenvalue weighted by Gasteiger charge is 2.35. The molecule has 46 heavy (non-hydrogen) atoms. The first-order chi connectivity index (χ1) is 22.1. The fourth-order valence-electron chi connectivity index (χ4n) is 4.89. The summed E-state index contributed by atoms with van der Waals surface area (Å²) in [7, 11) is -4.30. The lowest BCUT2D eigenvalue weighted by molar-refractivity contribution is -0.140. The van der Waals surface area contributed by atoms with E-state index in [0.717, 1.165) is 19.9 Å². The zero-order valence-electron chi connectivity index (χ0n) is 25.7. The van der Waals surface area contributed by atoms with E-state index in [1.54, 1.807) is 31.2 Å². The molecule has 0 saturated carbocycles. The van der Waals surface area contributed by atoms with Crippen LogP contribution in [0.25, 0.3) is 0 Å². The number of hydrogen-bond acceptors (Lipinski definition) is 5. The lowest BCUT2D eigenvalue weighted by Crippen LogP contribution is -2.53. The summed E-state index contributed by atoms with van der Waals surface area (Å²) in [5.41, 5.74) is 1.84. The van der Waals surface area contributed by atoms with Crippen molar-refractivity contribution < 1.29 is 22.7 Å². The Kier molecular flexibility index (Phi) is 12.7. The van der Waals surface area contributed by atoms with Gasteiger partial charge in [-0.15, -0.1) is 0 Å². The van der Waals surface area contributed by atoms with Crippen LogP contribution in [0.5, 0.6) is 5.75 Å². The van der Waals surface area contributed by atoms with Crippen LogP contribution in [-0.4, -0.2) is 50.9 Å². The van der Waals surface area contributed by atoms with Crippen molar-refractivity contribution in [2.24, 2.45) is 0 Å². The smallest absolute Gasteiger partial charge is 0.264 e. The summed E-state index contributed by atoms with van der Waals surface area (Å²) in [6.07, 6.45) is 0.948. The van der Waals surface area contributed by atoms with Crippen LogP contribution in [0.2, 0.25) is 5.02 Å². The maximum absolute atomic E-state index is 14.6. The maximum Gasteiger partial charge on any atom is 0.264 e. The summed E-state index contributed by atoms with van der Waals surface area (Å²) in [5.74, 6) is -0.575. The van der Waals surface area contributed by atoms with Gasteiger partial charge in [0.25, 0.3) is 10.0 Å². The summed E-state index contributed by atoms with van der Waals surface area (Å²) in [6.45, 7) is 3.95. The number of para-hydroxylation sites is 2. The number of anilines is 1. The number of nitrogens with one attached hydrogen (secondary N) is 1. The molecule has 0 radical (unpaired) electrons. The van der Waals surface area contributed by atoms with Gasteiger partial charge < -0.3 is 15.0 Å². The molecule has 1 atom stereocenters. The number of carbonyl (C=O) groups excluding carboxylic acids is 2. The lowest BCUT2D eigenvalue weighted by Gasteiger charge is -2.34. The monoisotopic (exact) mass is 725 g/mol. The van der Waals surface area contributed by atoms with E-state index in [-0.39, 0.29) is 36.1 Å². The molecule has 4 rings (SSSR count). The molecule has 0 aliphatic carbocycles. The minimum atomic E-state index is -4.30. The van der Waals surface area contributed by atoms with Gasteiger partial charge in [0.2, 0.25) is 11.8 Å². The minimum Gasteiger partial charge on any atom is -0.492 e. The minimum absolute atomic E-state index is 0.0445. The van der Waals surface area contributed by atoms with Crippen LogP contribution in [0.15, 0.2) is 112 Å². The second-order valence-electron chi connectivity index (χ2n) is 10.5. The normalized spacial score (nSPS) is 11.8. The summed E-state index contributed by atoms with van der Waals surface area (Å²) >= 11 is 9.53. The summed E-state index contributed by atoms with van der Waals surface area (Å²) in [6, 6.07) is 28.4. The Morgan fingerprint density at radius 1 is 0.870 bits per heavy atom. The molecule has 4 aromatic rings. The van der Waals surface area contributed by atoms with Crippen LogP contribution < -0.4 is 14.4 Å². The average molecular weight is 727 g/mol. The van der Waals surface area contributed by atoms with E-state index in [1.807, 2.05) is 61.5 Å². The van der Waals surface area contributed by atoms with E-state index in [1.165, 1.54) is 29.2 Å². The summed E-state index contributed by atoms with van der Waals surface area (Å²) in [5, 5.41) is 3.32. The zero-order chi connectivity index (χ0) is 33.1. The molecular formula is C35H37BrClN3O5S. The Labute approximate surface area is 284 Å². The Morgan fingerprint density at radius 3 is 2.17 bits per heavy atom. The highest BCUT2D eigenvalue weighted by Crippen LogP contribution is 2.33. The van der Waals surface area contributed by atoms with Gasteiger partial charge in [-0.3, -0.25) is 13.9 Å². The third kappa shape index (κ3) is 9.11. The first-order valence-electron chi connectivity index (χ1n) is 15.0. The van der Waals surface area contributed by atoms with Crippen LogP contribution in [-0.2, 0) is 32.6 Å². The number of rotatable bonds is 15. The fourth-order valence-corrected chi connectivity index (χ4v) is 6.71. The molecule has 1 N–H and O–H groups in total. The first kappa shape index (κ1) is 35.0. The van der Waals surface area contributed by atoms with Crippen LogP contribution in [0.1, 0.15) is 31.4 Å². The van der Waals surface area contributed by atoms with Crippen molar-refractivity contribution in [3.05, 3.63) is 124 Å². The van der Waals surface area contributed by atoms with E-state index in [4.69, 9.17) is 16.3 Å². The Hall–Kier alpha value is -3.86. The van der Waals surface area contributed by atoms with Crippen LogP contribution in [0.4, 0.5) is 5.69 Å². The van der Waals surface area contributed by atoms with Crippen LogP contribution >= 0.6 is 27.5 Å². The number of ether oxygens (including phenoxy) is 1. The molecule has 0 aromatic heterocycles. The largest absolute Gasteiger partial charge is 0.492 e. The number of halogens is 2. The molecule has 0 unspecified atom stereocenters. The third-order valence-corrected chi connectivity index (χ3v) is 9.76. The second kappa shape index (κ2) is 16.6. The molecular weight excluding hydrogens is 690 g/mol.